The molecule has 0 fully saturated rings. The first-order valence-corrected chi connectivity index (χ1v) is 11.3. The molecular formula is C26H19BrF4N2O3. The molecule has 0 bridgehead atoms. The first-order chi connectivity index (χ1) is 17.1. The third-order valence-electron chi connectivity index (χ3n) is 4.75. The summed E-state index contributed by atoms with van der Waals surface area (Å²) in [5.41, 5.74) is -0.217. The summed E-state index contributed by atoms with van der Waals surface area (Å²) in [5.74, 6) is -0.542. The number of anilines is 1. The number of hydrogen-bond donors (Lipinski definition) is 1. The van der Waals surface area contributed by atoms with Crippen LogP contribution in [0.25, 0.3) is 6.08 Å². The normalized spacial score (nSPS) is 11.5. The molecule has 3 aromatic carbocycles. The van der Waals surface area contributed by atoms with Crippen LogP contribution in [-0.2, 0) is 17.6 Å². The maximum atomic E-state index is 13.1. The van der Waals surface area contributed by atoms with Crippen molar-refractivity contribution in [2.24, 2.45) is 0 Å². The van der Waals surface area contributed by atoms with E-state index in [0.29, 0.717) is 28.1 Å². The zero-order chi connectivity index (χ0) is 26.3. The van der Waals surface area contributed by atoms with Crippen molar-refractivity contribution in [3.05, 3.63) is 93.2 Å². The molecule has 36 heavy (non-hydrogen) atoms. The van der Waals surface area contributed by atoms with Crippen LogP contribution in [0.4, 0.5) is 23.2 Å². The third kappa shape index (κ3) is 7.09. The molecule has 0 aliphatic heterocycles. The van der Waals surface area contributed by atoms with Gasteiger partial charge in [0.25, 0.3) is 5.91 Å². The molecule has 0 heterocycles. The second kappa shape index (κ2) is 11.7. The molecule has 10 heteroatoms. The lowest BCUT2D eigenvalue weighted by Crippen LogP contribution is -2.14. The van der Waals surface area contributed by atoms with Crippen LogP contribution in [0.15, 0.2) is 70.7 Å². The van der Waals surface area contributed by atoms with E-state index in [1.807, 2.05) is 0 Å². The summed E-state index contributed by atoms with van der Waals surface area (Å²) in [6.07, 6.45) is -3.29. The number of nitriles is 1. The average molecular weight is 563 g/mol. The van der Waals surface area contributed by atoms with Crippen molar-refractivity contribution in [2.45, 2.75) is 19.7 Å². The van der Waals surface area contributed by atoms with Crippen LogP contribution in [0.3, 0.4) is 0 Å². The lowest BCUT2D eigenvalue weighted by molar-refractivity contribution is -0.137. The largest absolute Gasteiger partial charge is 0.490 e. The summed E-state index contributed by atoms with van der Waals surface area (Å²) in [6, 6.07) is 14.8. The molecular weight excluding hydrogens is 544 g/mol. The molecule has 0 aliphatic rings. The second-order valence-electron chi connectivity index (χ2n) is 7.38. The fourth-order valence-corrected chi connectivity index (χ4v) is 3.67. The van der Waals surface area contributed by atoms with E-state index in [4.69, 9.17) is 9.47 Å². The standard InChI is InChI=1S/C26H19BrF4N2O3/c1-2-35-23-12-17(11-22(27)24(23)36-15-16-6-8-20(28)9-7-16)10-18(14-32)25(34)33-21-5-3-4-19(13-21)26(29,30)31/h3-13H,2,15H2,1H3,(H,33,34)/b18-10-. The van der Waals surface area contributed by atoms with Crippen molar-refractivity contribution in [1.82, 2.24) is 0 Å². The van der Waals surface area contributed by atoms with E-state index < -0.39 is 17.6 Å². The van der Waals surface area contributed by atoms with Crippen LogP contribution < -0.4 is 14.8 Å². The third-order valence-corrected chi connectivity index (χ3v) is 5.34. The number of hydrogen-bond acceptors (Lipinski definition) is 4. The van der Waals surface area contributed by atoms with Crippen LogP contribution >= 0.6 is 15.9 Å². The lowest BCUT2D eigenvalue weighted by atomic mass is 10.1. The Morgan fingerprint density at radius 2 is 1.83 bits per heavy atom. The van der Waals surface area contributed by atoms with Crippen LogP contribution in [0.2, 0.25) is 0 Å². The second-order valence-corrected chi connectivity index (χ2v) is 8.23. The Kier molecular flexibility index (Phi) is 8.72. The Hall–Kier alpha value is -3.84. The van der Waals surface area contributed by atoms with Crippen LogP contribution in [0.1, 0.15) is 23.6 Å². The number of amides is 1. The summed E-state index contributed by atoms with van der Waals surface area (Å²) < 4.78 is 63.9. The van der Waals surface area contributed by atoms with Crippen LogP contribution in [-0.4, -0.2) is 12.5 Å². The minimum absolute atomic E-state index is 0.100. The molecule has 1 amide bonds. The van der Waals surface area contributed by atoms with Gasteiger partial charge < -0.3 is 14.8 Å². The zero-order valence-corrected chi connectivity index (χ0v) is 20.4. The quantitative estimate of drug-likeness (QED) is 0.180. The first-order valence-electron chi connectivity index (χ1n) is 10.5. The Bertz CT molecular complexity index is 1320. The maximum absolute atomic E-state index is 13.1. The molecule has 0 saturated carbocycles. The topological polar surface area (TPSA) is 71.3 Å². The Morgan fingerprint density at radius 3 is 2.47 bits per heavy atom. The highest BCUT2D eigenvalue weighted by molar-refractivity contribution is 9.10. The monoisotopic (exact) mass is 562 g/mol. The molecule has 0 spiro atoms. The molecule has 0 radical (unpaired) electrons. The van der Waals surface area contributed by atoms with E-state index in [1.54, 1.807) is 37.3 Å². The Morgan fingerprint density at radius 1 is 1.11 bits per heavy atom. The van der Waals surface area contributed by atoms with Crippen LogP contribution in [0.5, 0.6) is 11.5 Å². The highest BCUT2D eigenvalue weighted by Gasteiger charge is 2.30. The van der Waals surface area contributed by atoms with E-state index in [9.17, 15) is 27.6 Å². The summed E-state index contributed by atoms with van der Waals surface area (Å²) in [4.78, 5) is 12.6. The van der Waals surface area contributed by atoms with E-state index in [1.165, 1.54) is 24.3 Å². The fourth-order valence-electron chi connectivity index (χ4n) is 3.10. The maximum Gasteiger partial charge on any atom is 0.416 e. The van der Waals surface area contributed by atoms with Gasteiger partial charge in [-0.3, -0.25) is 4.79 Å². The number of carbonyl (C=O) groups is 1. The highest BCUT2D eigenvalue weighted by Crippen LogP contribution is 2.38. The molecule has 5 nitrogen and oxygen atoms in total. The van der Waals surface area contributed by atoms with Gasteiger partial charge in [-0.2, -0.15) is 18.4 Å². The predicted molar refractivity (Wildman–Crippen MR) is 130 cm³/mol. The summed E-state index contributed by atoms with van der Waals surface area (Å²) >= 11 is 3.40. The Balaban J connectivity index is 1.84. The predicted octanol–water partition coefficient (Wildman–Crippen LogP) is 7.13. The van der Waals surface area contributed by atoms with E-state index in [-0.39, 0.29) is 23.7 Å². The van der Waals surface area contributed by atoms with Crippen molar-refractivity contribution in [3.63, 3.8) is 0 Å². The minimum atomic E-state index is -4.57. The number of nitrogens with one attached hydrogen (secondary N) is 1. The number of benzene rings is 3. The molecule has 3 aromatic rings. The van der Waals surface area contributed by atoms with Gasteiger partial charge in [0.05, 0.1) is 16.6 Å². The highest BCUT2D eigenvalue weighted by atomic mass is 79.9. The molecule has 0 atom stereocenters. The molecule has 3 rings (SSSR count). The number of nitrogens with zero attached hydrogens (tertiary/aromatic N) is 1. The molecule has 186 valence electrons. The van der Waals surface area contributed by atoms with Gasteiger partial charge in [0, 0.05) is 5.69 Å². The lowest BCUT2D eigenvalue weighted by Gasteiger charge is -2.15. The number of carbonyl (C=O) groups excluding carboxylic acids is 1. The van der Waals surface area contributed by atoms with E-state index in [2.05, 4.69) is 21.2 Å². The number of alkyl halides is 3. The molecule has 0 aliphatic carbocycles. The van der Waals surface area contributed by atoms with Gasteiger partial charge in [-0.25, -0.2) is 4.39 Å². The van der Waals surface area contributed by atoms with Gasteiger partial charge in [0.1, 0.15) is 24.1 Å². The summed E-state index contributed by atoms with van der Waals surface area (Å²) in [7, 11) is 0. The van der Waals surface area contributed by atoms with E-state index >= 15 is 0 Å². The number of rotatable bonds is 8. The van der Waals surface area contributed by atoms with Crippen molar-refractivity contribution >= 4 is 33.6 Å². The van der Waals surface area contributed by atoms with Crippen molar-refractivity contribution < 1.29 is 31.8 Å². The molecule has 0 aromatic heterocycles. The first kappa shape index (κ1) is 26.8. The minimum Gasteiger partial charge on any atom is -0.490 e. The fraction of sp³-hybridized carbons (Fsp3) is 0.154. The van der Waals surface area contributed by atoms with Gasteiger partial charge in [0.2, 0.25) is 0 Å². The summed E-state index contributed by atoms with van der Waals surface area (Å²) in [5, 5.41) is 11.8. The van der Waals surface area contributed by atoms with E-state index in [0.717, 1.165) is 23.8 Å². The number of ether oxygens (including phenoxy) is 2. The average Bonchev–Trinajstić information content (AvgIpc) is 2.83. The van der Waals surface area contributed by atoms with Gasteiger partial charge in [-0.05, 0) is 82.5 Å². The van der Waals surface area contributed by atoms with Crippen LogP contribution in [0, 0.1) is 17.1 Å². The van der Waals surface area contributed by atoms with Gasteiger partial charge in [0.15, 0.2) is 11.5 Å². The molecule has 1 N–H and O–H groups in total. The summed E-state index contributed by atoms with van der Waals surface area (Å²) in [6.45, 7) is 2.20. The Labute approximate surface area is 213 Å². The smallest absolute Gasteiger partial charge is 0.416 e. The van der Waals surface area contributed by atoms with Gasteiger partial charge in [-0.1, -0.05) is 18.2 Å². The number of halogens is 5. The zero-order valence-electron chi connectivity index (χ0n) is 18.8. The van der Waals surface area contributed by atoms with Crippen molar-refractivity contribution in [3.8, 4) is 17.6 Å². The molecule has 0 unspecified atom stereocenters. The molecule has 0 saturated heterocycles. The van der Waals surface area contributed by atoms with Crippen molar-refractivity contribution in [1.29, 1.82) is 5.26 Å². The van der Waals surface area contributed by atoms with Gasteiger partial charge in [-0.15, -0.1) is 0 Å². The van der Waals surface area contributed by atoms with Gasteiger partial charge >= 0.3 is 6.18 Å². The SMILES string of the molecule is CCOc1cc(/C=C(/C#N)C(=O)Nc2cccc(C(F)(F)F)c2)cc(Br)c1OCc1ccc(F)cc1. The van der Waals surface area contributed by atoms with Crippen molar-refractivity contribution in [2.75, 3.05) is 11.9 Å².